The number of aromatic nitrogens is 2. The molecule has 6 heteroatoms. The minimum Gasteiger partial charge on any atom is -0.379 e. The van der Waals surface area contributed by atoms with Crippen LogP contribution < -0.4 is 4.90 Å². The van der Waals surface area contributed by atoms with Crippen LogP contribution in [0.5, 0.6) is 0 Å². The molecule has 1 aliphatic heterocycles. The van der Waals surface area contributed by atoms with Crippen LogP contribution in [0.15, 0.2) is 11.2 Å². The van der Waals surface area contributed by atoms with E-state index >= 15 is 0 Å². The zero-order valence-electron chi connectivity index (χ0n) is 10.0. The summed E-state index contributed by atoms with van der Waals surface area (Å²) >= 11 is 7.51. The molecule has 1 saturated heterocycles. The molecule has 0 saturated carbocycles. The first kappa shape index (κ1) is 12.9. The molecule has 0 radical (unpaired) electrons. The number of rotatable bonds is 2. The molecule has 4 nitrogen and oxygen atoms in total. The highest BCUT2D eigenvalue weighted by molar-refractivity contribution is 7.98. The van der Waals surface area contributed by atoms with Crippen LogP contribution in [0, 0.1) is 5.92 Å². The van der Waals surface area contributed by atoms with Crippen LogP contribution in [0.4, 0.5) is 5.82 Å². The molecule has 0 amide bonds. The lowest BCUT2D eigenvalue weighted by molar-refractivity contribution is 0.129. The molecule has 1 aliphatic rings. The summed E-state index contributed by atoms with van der Waals surface area (Å²) in [7, 11) is 0. The average molecular weight is 274 g/mol. The van der Waals surface area contributed by atoms with Crippen molar-refractivity contribution in [2.75, 3.05) is 37.5 Å². The zero-order chi connectivity index (χ0) is 12.3. The summed E-state index contributed by atoms with van der Waals surface area (Å²) < 4.78 is 5.52. The minimum absolute atomic E-state index is 0.497. The number of anilines is 1. The molecule has 1 unspecified atom stereocenters. The molecule has 0 aliphatic carbocycles. The fraction of sp³-hybridized carbons (Fsp3) is 0.636. The number of thioether (sulfide) groups is 1. The summed E-state index contributed by atoms with van der Waals surface area (Å²) in [6.45, 7) is 5.52. The fourth-order valence-corrected chi connectivity index (χ4v) is 2.43. The van der Waals surface area contributed by atoms with Crippen molar-refractivity contribution < 1.29 is 4.74 Å². The molecule has 1 atom stereocenters. The highest BCUT2D eigenvalue weighted by Crippen LogP contribution is 2.22. The molecule has 0 bridgehead atoms. The van der Waals surface area contributed by atoms with E-state index in [1.165, 1.54) is 11.8 Å². The van der Waals surface area contributed by atoms with Gasteiger partial charge in [-0.15, -0.1) is 0 Å². The van der Waals surface area contributed by atoms with E-state index in [1.807, 2.05) is 12.3 Å². The second-order valence-corrected chi connectivity index (χ2v) is 5.32. The van der Waals surface area contributed by atoms with Crippen molar-refractivity contribution in [3.63, 3.8) is 0 Å². The Bertz CT molecular complexity index is 391. The second-order valence-electron chi connectivity index (χ2n) is 4.16. The predicted octanol–water partition coefficient (Wildman–Crippen LogP) is 2.32. The Hall–Kier alpha value is -0.520. The molecule has 2 heterocycles. The van der Waals surface area contributed by atoms with E-state index in [4.69, 9.17) is 16.3 Å². The van der Waals surface area contributed by atoms with E-state index in [9.17, 15) is 0 Å². The van der Waals surface area contributed by atoms with Gasteiger partial charge in [-0.05, 0) is 12.2 Å². The minimum atomic E-state index is 0.497. The lowest BCUT2D eigenvalue weighted by Crippen LogP contribution is -2.29. The van der Waals surface area contributed by atoms with Crippen molar-refractivity contribution in [2.45, 2.75) is 12.1 Å². The van der Waals surface area contributed by atoms with Gasteiger partial charge in [0, 0.05) is 19.2 Å². The third-order valence-corrected chi connectivity index (χ3v) is 3.35. The van der Waals surface area contributed by atoms with Crippen LogP contribution >= 0.6 is 23.4 Å². The zero-order valence-corrected chi connectivity index (χ0v) is 11.6. The molecule has 1 aromatic rings. The first-order valence-electron chi connectivity index (χ1n) is 5.60. The van der Waals surface area contributed by atoms with Crippen molar-refractivity contribution >= 4 is 29.2 Å². The van der Waals surface area contributed by atoms with Gasteiger partial charge in [0.2, 0.25) is 0 Å². The Morgan fingerprint density at radius 1 is 1.53 bits per heavy atom. The lowest BCUT2D eigenvalue weighted by atomic mass is 10.2. The lowest BCUT2D eigenvalue weighted by Gasteiger charge is -2.23. The quantitative estimate of drug-likeness (QED) is 0.470. The largest absolute Gasteiger partial charge is 0.379 e. The second kappa shape index (κ2) is 5.89. The summed E-state index contributed by atoms with van der Waals surface area (Å²) in [6.07, 6.45) is 1.95. The van der Waals surface area contributed by atoms with Crippen molar-refractivity contribution in [3.8, 4) is 0 Å². The van der Waals surface area contributed by atoms with E-state index in [0.29, 0.717) is 16.2 Å². The summed E-state index contributed by atoms with van der Waals surface area (Å²) in [4.78, 5) is 10.9. The Balaban J connectivity index is 2.22. The van der Waals surface area contributed by atoms with E-state index in [1.54, 1.807) is 0 Å². The van der Waals surface area contributed by atoms with Crippen LogP contribution in [-0.4, -0.2) is 42.5 Å². The van der Waals surface area contributed by atoms with Gasteiger partial charge in [-0.1, -0.05) is 30.3 Å². The van der Waals surface area contributed by atoms with Crippen molar-refractivity contribution in [2.24, 2.45) is 5.92 Å². The Kier molecular flexibility index (Phi) is 4.48. The standard InChI is InChI=1S/C11H16ClN3OS/c1-8-6-15(3-4-16-7-8)10-5-9(12)13-11(14-10)17-2/h5,8H,3-4,6-7H2,1-2H3. The molecule has 0 aromatic carbocycles. The molecular formula is C11H16ClN3OS. The van der Waals surface area contributed by atoms with Crippen molar-refractivity contribution in [1.29, 1.82) is 0 Å². The third-order valence-electron chi connectivity index (χ3n) is 2.61. The highest BCUT2D eigenvalue weighted by atomic mass is 35.5. The van der Waals surface area contributed by atoms with Gasteiger partial charge in [0.25, 0.3) is 0 Å². The highest BCUT2D eigenvalue weighted by Gasteiger charge is 2.17. The van der Waals surface area contributed by atoms with Gasteiger partial charge in [0.15, 0.2) is 5.16 Å². The third kappa shape index (κ3) is 3.47. The number of halogens is 1. The van der Waals surface area contributed by atoms with E-state index in [0.717, 1.165) is 32.1 Å². The van der Waals surface area contributed by atoms with Gasteiger partial charge in [-0.3, -0.25) is 0 Å². The van der Waals surface area contributed by atoms with Crippen molar-refractivity contribution in [3.05, 3.63) is 11.2 Å². The average Bonchev–Trinajstić information content (AvgIpc) is 2.53. The number of nitrogens with zero attached hydrogens (tertiary/aromatic N) is 3. The van der Waals surface area contributed by atoms with Gasteiger partial charge in [-0.2, -0.15) is 0 Å². The van der Waals surface area contributed by atoms with Gasteiger partial charge in [-0.25, -0.2) is 9.97 Å². The molecule has 0 N–H and O–H groups in total. The maximum Gasteiger partial charge on any atom is 0.190 e. The van der Waals surface area contributed by atoms with Gasteiger partial charge in [0.05, 0.1) is 13.2 Å². The number of hydrogen-bond acceptors (Lipinski definition) is 5. The summed E-state index contributed by atoms with van der Waals surface area (Å²) in [5.41, 5.74) is 0. The molecule has 94 valence electrons. The molecule has 2 rings (SSSR count). The Morgan fingerprint density at radius 3 is 3.12 bits per heavy atom. The summed E-state index contributed by atoms with van der Waals surface area (Å²) in [5, 5.41) is 1.21. The Labute approximate surface area is 111 Å². The van der Waals surface area contributed by atoms with Crippen LogP contribution in [-0.2, 0) is 4.74 Å². The monoisotopic (exact) mass is 273 g/mol. The smallest absolute Gasteiger partial charge is 0.190 e. The molecule has 1 aromatic heterocycles. The molecule has 1 fully saturated rings. The van der Waals surface area contributed by atoms with Gasteiger partial charge >= 0.3 is 0 Å². The normalized spacial score (nSPS) is 21.4. The van der Waals surface area contributed by atoms with E-state index in [-0.39, 0.29) is 0 Å². The fourth-order valence-electron chi connectivity index (χ4n) is 1.83. The number of hydrogen-bond donors (Lipinski definition) is 0. The SMILES string of the molecule is CSc1nc(Cl)cc(N2CCOCC(C)C2)n1. The van der Waals surface area contributed by atoms with Crippen LogP contribution in [0.25, 0.3) is 0 Å². The first-order valence-corrected chi connectivity index (χ1v) is 7.20. The Morgan fingerprint density at radius 2 is 2.35 bits per heavy atom. The van der Waals surface area contributed by atoms with E-state index < -0.39 is 0 Å². The maximum absolute atomic E-state index is 6.00. The van der Waals surface area contributed by atoms with Gasteiger partial charge < -0.3 is 9.64 Å². The van der Waals surface area contributed by atoms with Crippen molar-refractivity contribution in [1.82, 2.24) is 9.97 Å². The van der Waals surface area contributed by atoms with Crippen LogP contribution in [0.3, 0.4) is 0 Å². The van der Waals surface area contributed by atoms with Crippen LogP contribution in [0.2, 0.25) is 5.15 Å². The maximum atomic E-state index is 6.00. The summed E-state index contributed by atoms with van der Waals surface area (Å²) in [6, 6.07) is 1.82. The molecule has 0 spiro atoms. The molecular weight excluding hydrogens is 258 g/mol. The molecule has 17 heavy (non-hydrogen) atoms. The predicted molar refractivity (Wildman–Crippen MR) is 71.0 cm³/mol. The summed E-state index contributed by atoms with van der Waals surface area (Å²) in [5.74, 6) is 1.40. The van der Waals surface area contributed by atoms with E-state index in [2.05, 4.69) is 21.8 Å². The topological polar surface area (TPSA) is 38.2 Å². The number of ether oxygens (including phenoxy) is 1. The first-order chi connectivity index (χ1) is 8.19. The van der Waals surface area contributed by atoms with Gasteiger partial charge in [0.1, 0.15) is 11.0 Å². The van der Waals surface area contributed by atoms with Crippen LogP contribution in [0.1, 0.15) is 6.92 Å².